The number of aromatic nitrogens is 4. The molecule has 0 saturated heterocycles. The largest absolute Gasteiger partial charge is 0.310 e. The predicted octanol–water partition coefficient (Wildman–Crippen LogP) is 3.55. The number of carbonyl (C=O) groups is 1. The number of fused-ring (bicyclic) bond motifs is 1. The molecule has 3 aromatic rings. The number of anilines is 1. The summed E-state index contributed by atoms with van der Waals surface area (Å²) in [5.41, 5.74) is 2.21. The molecule has 7 nitrogen and oxygen atoms in total. The Hall–Kier alpha value is -2.74. The van der Waals surface area contributed by atoms with Gasteiger partial charge in [0, 0.05) is 18.1 Å². The fourth-order valence-corrected chi connectivity index (χ4v) is 4.11. The van der Waals surface area contributed by atoms with Gasteiger partial charge < -0.3 is 5.32 Å². The third-order valence-corrected chi connectivity index (χ3v) is 5.62. The van der Waals surface area contributed by atoms with Crippen LogP contribution < -0.4 is 10.9 Å². The second kappa shape index (κ2) is 7.71. The summed E-state index contributed by atoms with van der Waals surface area (Å²) in [6.07, 6.45) is 4.00. The molecular formula is C20H23N5O2S. The summed E-state index contributed by atoms with van der Waals surface area (Å²) >= 11 is 1.57. The van der Waals surface area contributed by atoms with E-state index in [9.17, 15) is 9.59 Å². The van der Waals surface area contributed by atoms with Crippen molar-refractivity contribution in [1.29, 1.82) is 0 Å². The summed E-state index contributed by atoms with van der Waals surface area (Å²) in [5.74, 6) is 1.00. The van der Waals surface area contributed by atoms with Gasteiger partial charge in [-0.3, -0.25) is 14.6 Å². The molecule has 3 aromatic heterocycles. The SMILES string of the molecule is CC(C)CC(=O)Nc1cc(-c2cccs2)nn1-c1nc2c(c(=O)[nH]1)CCCC2. The molecule has 0 radical (unpaired) electrons. The summed E-state index contributed by atoms with van der Waals surface area (Å²) in [6.45, 7) is 3.99. The van der Waals surface area contributed by atoms with E-state index in [-0.39, 0.29) is 17.4 Å². The quantitative estimate of drug-likeness (QED) is 0.689. The molecule has 0 spiro atoms. The van der Waals surface area contributed by atoms with Crippen LogP contribution in [-0.2, 0) is 17.6 Å². The molecule has 3 heterocycles. The minimum Gasteiger partial charge on any atom is -0.310 e. The van der Waals surface area contributed by atoms with Gasteiger partial charge in [-0.2, -0.15) is 9.78 Å². The van der Waals surface area contributed by atoms with Crippen molar-refractivity contribution >= 4 is 23.1 Å². The molecule has 4 rings (SSSR count). The van der Waals surface area contributed by atoms with E-state index < -0.39 is 0 Å². The van der Waals surface area contributed by atoms with Crippen LogP contribution in [-0.4, -0.2) is 25.7 Å². The lowest BCUT2D eigenvalue weighted by molar-refractivity contribution is -0.116. The fraction of sp³-hybridized carbons (Fsp3) is 0.400. The normalized spacial score (nSPS) is 13.5. The van der Waals surface area contributed by atoms with Gasteiger partial charge in [0.2, 0.25) is 11.9 Å². The number of amides is 1. The van der Waals surface area contributed by atoms with Crippen LogP contribution in [0.5, 0.6) is 0 Å². The van der Waals surface area contributed by atoms with Crippen molar-refractivity contribution in [3.63, 3.8) is 0 Å². The second-order valence-electron chi connectivity index (χ2n) is 7.47. The van der Waals surface area contributed by atoms with Gasteiger partial charge in [0.15, 0.2) is 0 Å². The zero-order valence-corrected chi connectivity index (χ0v) is 16.8. The van der Waals surface area contributed by atoms with E-state index in [1.807, 2.05) is 37.4 Å². The number of nitrogens with one attached hydrogen (secondary N) is 2. The van der Waals surface area contributed by atoms with Gasteiger partial charge in [-0.25, -0.2) is 4.98 Å². The second-order valence-corrected chi connectivity index (χ2v) is 8.42. The first-order chi connectivity index (χ1) is 13.5. The zero-order chi connectivity index (χ0) is 19.7. The van der Waals surface area contributed by atoms with Crippen molar-refractivity contribution in [2.45, 2.75) is 46.0 Å². The zero-order valence-electron chi connectivity index (χ0n) is 16.0. The van der Waals surface area contributed by atoms with E-state index in [0.29, 0.717) is 18.2 Å². The first-order valence-electron chi connectivity index (χ1n) is 9.57. The summed E-state index contributed by atoms with van der Waals surface area (Å²) in [5, 5.41) is 9.53. The maximum Gasteiger partial charge on any atom is 0.255 e. The number of rotatable bonds is 5. The van der Waals surface area contributed by atoms with Crippen LogP contribution in [0.15, 0.2) is 28.4 Å². The summed E-state index contributed by atoms with van der Waals surface area (Å²) in [4.78, 5) is 33.4. The van der Waals surface area contributed by atoms with Gasteiger partial charge >= 0.3 is 0 Å². The van der Waals surface area contributed by atoms with E-state index in [2.05, 4.69) is 20.4 Å². The third-order valence-electron chi connectivity index (χ3n) is 4.72. The van der Waals surface area contributed by atoms with Crippen molar-refractivity contribution in [3.05, 3.63) is 45.2 Å². The van der Waals surface area contributed by atoms with Crippen molar-refractivity contribution in [1.82, 2.24) is 19.7 Å². The Balaban J connectivity index is 1.77. The minimum absolute atomic E-state index is 0.0887. The Morgan fingerprint density at radius 2 is 2.18 bits per heavy atom. The standard InChI is InChI=1S/C20H23N5O2S/c1-12(2)10-18(26)22-17-11-15(16-8-5-9-28-16)24-25(17)20-21-14-7-4-3-6-13(14)19(27)23-20/h5,8-9,11-12H,3-4,6-7,10H2,1-2H3,(H,22,26)(H,21,23,27). The van der Waals surface area contributed by atoms with E-state index in [4.69, 9.17) is 0 Å². The number of nitrogens with zero attached hydrogens (tertiary/aromatic N) is 3. The lowest BCUT2D eigenvalue weighted by atomic mass is 9.97. The summed E-state index contributed by atoms with van der Waals surface area (Å²) < 4.78 is 1.53. The first-order valence-corrected chi connectivity index (χ1v) is 10.5. The highest BCUT2D eigenvalue weighted by molar-refractivity contribution is 7.13. The van der Waals surface area contributed by atoms with Crippen molar-refractivity contribution < 1.29 is 4.79 Å². The average molecular weight is 398 g/mol. The number of thiophene rings is 1. The summed E-state index contributed by atoms with van der Waals surface area (Å²) in [7, 11) is 0. The number of hydrogen-bond donors (Lipinski definition) is 2. The topological polar surface area (TPSA) is 92.7 Å². The number of hydrogen-bond acceptors (Lipinski definition) is 5. The van der Waals surface area contributed by atoms with Crippen LogP contribution in [0.25, 0.3) is 16.5 Å². The molecule has 0 bridgehead atoms. The molecule has 2 N–H and O–H groups in total. The molecule has 0 aromatic carbocycles. The molecule has 28 heavy (non-hydrogen) atoms. The molecule has 1 amide bonds. The smallest absolute Gasteiger partial charge is 0.255 e. The number of aromatic amines is 1. The van der Waals surface area contributed by atoms with E-state index in [1.165, 1.54) is 4.68 Å². The van der Waals surface area contributed by atoms with Crippen LogP contribution in [0.1, 0.15) is 44.4 Å². The van der Waals surface area contributed by atoms with Crippen LogP contribution in [0.4, 0.5) is 5.82 Å². The maximum atomic E-state index is 12.6. The highest BCUT2D eigenvalue weighted by Gasteiger charge is 2.20. The first kappa shape index (κ1) is 18.6. The van der Waals surface area contributed by atoms with E-state index in [0.717, 1.165) is 47.5 Å². The Labute approximate surface area is 166 Å². The van der Waals surface area contributed by atoms with E-state index in [1.54, 1.807) is 11.3 Å². The van der Waals surface area contributed by atoms with Gasteiger partial charge in [0.1, 0.15) is 11.5 Å². The van der Waals surface area contributed by atoms with Gasteiger partial charge in [-0.05, 0) is 43.0 Å². The number of aryl methyl sites for hydroxylation is 1. The Kier molecular flexibility index (Phi) is 5.13. The fourth-order valence-electron chi connectivity index (χ4n) is 3.43. The van der Waals surface area contributed by atoms with Crippen LogP contribution in [0.3, 0.4) is 0 Å². The Morgan fingerprint density at radius 3 is 2.93 bits per heavy atom. The molecule has 1 aliphatic rings. The lowest BCUT2D eigenvalue weighted by Gasteiger charge is -2.15. The molecule has 8 heteroatoms. The molecule has 0 unspecified atom stereocenters. The van der Waals surface area contributed by atoms with Crippen LogP contribution >= 0.6 is 11.3 Å². The van der Waals surface area contributed by atoms with Crippen LogP contribution in [0, 0.1) is 5.92 Å². The lowest BCUT2D eigenvalue weighted by Crippen LogP contribution is -2.25. The highest BCUT2D eigenvalue weighted by Crippen LogP contribution is 2.28. The van der Waals surface area contributed by atoms with E-state index >= 15 is 0 Å². The number of H-pyrrole nitrogens is 1. The van der Waals surface area contributed by atoms with Crippen molar-refractivity contribution in [3.8, 4) is 16.5 Å². The van der Waals surface area contributed by atoms with Crippen molar-refractivity contribution in [2.24, 2.45) is 5.92 Å². The molecule has 0 saturated carbocycles. The molecule has 0 aliphatic heterocycles. The minimum atomic E-state index is -0.118. The summed E-state index contributed by atoms with van der Waals surface area (Å²) in [6, 6.07) is 5.75. The molecule has 1 aliphatic carbocycles. The Morgan fingerprint density at radius 1 is 1.36 bits per heavy atom. The molecular weight excluding hydrogens is 374 g/mol. The Bertz CT molecular complexity index is 1050. The van der Waals surface area contributed by atoms with Crippen molar-refractivity contribution in [2.75, 3.05) is 5.32 Å². The van der Waals surface area contributed by atoms with Gasteiger partial charge in [0.05, 0.1) is 10.6 Å². The molecule has 0 fully saturated rings. The molecule has 146 valence electrons. The van der Waals surface area contributed by atoms with Crippen LogP contribution in [0.2, 0.25) is 0 Å². The van der Waals surface area contributed by atoms with Gasteiger partial charge in [-0.15, -0.1) is 11.3 Å². The highest BCUT2D eigenvalue weighted by atomic mass is 32.1. The third kappa shape index (κ3) is 3.77. The van der Waals surface area contributed by atoms with Gasteiger partial charge in [-0.1, -0.05) is 19.9 Å². The number of carbonyl (C=O) groups excluding carboxylic acids is 1. The predicted molar refractivity (Wildman–Crippen MR) is 110 cm³/mol. The monoisotopic (exact) mass is 397 g/mol. The maximum absolute atomic E-state index is 12.6. The molecule has 0 atom stereocenters. The van der Waals surface area contributed by atoms with Gasteiger partial charge in [0.25, 0.3) is 5.56 Å². The average Bonchev–Trinajstić information content (AvgIpc) is 3.30.